The molecule has 1 heterocycles. The summed E-state index contributed by atoms with van der Waals surface area (Å²) in [5.74, 6) is -0.475. The molecule has 7 heteroatoms. The monoisotopic (exact) mass is 372 g/mol. The average molecular weight is 372 g/mol. The fourth-order valence-electron chi connectivity index (χ4n) is 2.76. The van der Waals surface area contributed by atoms with Crippen LogP contribution in [0.4, 0.5) is 15.8 Å². The Labute approximate surface area is 156 Å². The van der Waals surface area contributed by atoms with Crippen molar-refractivity contribution in [3.05, 3.63) is 48.3 Å². The number of carbonyl (C=O) groups excluding carboxylic acids is 2. The first-order chi connectivity index (χ1) is 12.8. The molecule has 27 heavy (non-hydrogen) atoms. The lowest BCUT2D eigenvalue weighted by atomic mass is 9.93. The third-order valence-corrected chi connectivity index (χ3v) is 4.27. The number of hydrogen-bond acceptors (Lipinski definition) is 4. The minimum atomic E-state index is -0.648. The number of nitrogens with one attached hydrogen (secondary N) is 1. The number of benzene rings is 2. The minimum Gasteiger partial charge on any atom is -0.490 e. The van der Waals surface area contributed by atoms with E-state index < -0.39 is 17.1 Å². The van der Waals surface area contributed by atoms with E-state index in [1.165, 1.54) is 17.0 Å². The van der Waals surface area contributed by atoms with Crippen molar-refractivity contribution >= 4 is 23.2 Å². The number of amides is 2. The van der Waals surface area contributed by atoms with Crippen molar-refractivity contribution < 1.29 is 23.5 Å². The molecule has 2 aromatic rings. The summed E-state index contributed by atoms with van der Waals surface area (Å²) in [5.41, 5.74) is 0.405. The molecular formula is C20H21FN2O4. The van der Waals surface area contributed by atoms with Crippen LogP contribution in [0.25, 0.3) is 0 Å². The zero-order valence-corrected chi connectivity index (χ0v) is 15.4. The molecule has 0 bridgehead atoms. The number of rotatable bonds is 4. The van der Waals surface area contributed by atoms with Crippen molar-refractivity contribution in [2.75, 3.05) is 30.5 Å². The van der Waals surface area contributed by atoms with Crippen LogP contribution in [0.15, 0.2) is 42.5 Å². The summed E-state index contributed by atoms with van der Waals surface area (Å²) in [6.07, 6.45) is 0. The number of carbonyl (C=O) groups is 2. The fraction of sp³-hybridized carbons (Fsp3) is 0.300. The average Bonchev–Trinajstić information content (AvgIpc) is 2.72. The largest absolute Gasteiger partial charge is 0.490 e. The van der Waals surface area contributed by atoms with Crippen molar-refractivity contribution in [1.29, 1.82) is 0 Å². The molecule has 2 aromatic carbocycles. The van der Waals surface area contributed by atoms with E-state index in [2.05, 4.69) is 5.32 Å². The quantitative estimate of drug-likeness (QED) is 0.895. The maximum absolute atomic E-state index is 13.5. The van der Waals surface area contributed by atoms with Gasteiger partial charge in [-0.25, -0.2) is 4.39 Å². The van der Waals surface area contributed by atoms with Crippen LogP contribution in [0.1, 0.15) is 13.8 Å². The van der Waals surface area contributed by atoms with E-state index in [0.29, 0.717) is 17.1 Å². The first-order valence-electron chi connectivity index (χ1n) is 8.50. The van der Waals surface area contributed by atoms with Crippen molar-refractivity contribution in [3.8, 4) is 11.5 Å². The molecule has 2 amide bonds. The molecular weight excluding hydrogens is 351 g/mol. The van der Waals surface area contributed by atoms with Gasteiger partial charge in [-0.2, -0.15) is 0 Å². The second-order valence-corrected chi connectivity index (χ2v) is 6.99. The lowest BCUT2D eigenvalue weighted by Gasteiger charge is -2.24. The number of ether oxygens (including phenoxy) is 2. The Hall–Kier alpha value is -3.09. The maximum atomic E-state index is 13.5. The topological polar surface area (TPSA) is 67.9 Å². The Kier molecular flexibility index (Phi) is 5.03. The van der Waals surface area contributed by atoms with Crippen LogP contribution in [-0.4, -0.2) is 32.1 Å². The molecule has 0 unspecified atom stereocenters. The second kappa shape index (κ2) is 7.26. The van der Waals surface area contributed by atoms with Gasteiger partial charge in [-0.15, -0.1) is 0 Å². The van der Waals surface area contributed by atoms with Crippen molar-refractivity contribution in [2.24, 2.45) is 5.41 Å². The minimum absolute atomic E-state index is 0.00976. The van der Waals surface area contributed by atoms with Crippen molar-refractivity contribution in [2.45, 2.75) is 13.8 Å². The SMILES string of the molecule is CN1C(=O)C(C)(C)COc2ccc(NC(=O)COc3ccccc3F)cc21. The van der Waals surface area contributed by atoms with E-state index in [4.69, 9.17) is 9.47 Å². The highest BCUT2D eigenvalue weighted by molar-refractivity contribution is 6.00. The molecule has 1 aliphatic rings. The van der Waals surface area contributed by atoms with Crippen LogP contribution in [0.3, 0.4) is 0 Å². The first-order valence-corrected chi connectivity index (χ1v) is 8.50. The summed E-state index contributed by atoms with van der Waals surface area (Å²) in [5, 5.41) is 2.68. The Morgan fingerprint density at radius 2 is 2.04 bits per heavy atom. The Morgan fingerprint density at radius 1 is 1.30 bits per heavy atom. The summed E-state index contributed by atoms with van der Waals surface area (Å²) >= 11 is 0. The molecule has 0 spiro atoms. The van der Waals surface area contributed by atoms with E-state index in [0.717, 1.165) is 0 Å². The van der Waals surface area contributed by atoms with Gasteiger partial charge in [0.1, 0.15) is 12.4 Å². The van der Waals surface area contributed by atoms with Gasteiger partial charge in [-0.1, -0.05) is 12.1 Å². The van der Waals surface area contributed by atoms with E-state index >= 15 is 0 Å². The normalized spacial score (nSPS) is 15.4. The third kappa shape index (κ3) is 4.02. The zero-order valence-electron chi connectivity index (χ0n) is 15.4. The van der Waals surface area contributed by atoms with E-state index in [-0.39, 0.29) is 24.9 Å². The number of anilines is 2. The summed E-state index contributed by atoms with van der Waals surface area (Å²) in [6, 6.07) is 10.9. The lowest BCUT2D eigenvalue weighted by molar-refractivity contribution is -0.127. The third-order valence-electron chi connectivity index (χ3n) is 4.27. The molecule has 142 valence electrons. The first kappa shape index (κ1) is 18.7. The molecule has 1 aliphatic heterocycles. The van der Waals surface area contributed by atoms with Gasteiger partial charge in [0.05, 0.1) is 11.1 Å². The second-order valence-electron chi connectivity index (χ2n) is 6.99. The van der Waals surface area contributed by atoms with Crippen molar-refractivity contribution in [3.63, 3.8) is 0 Å². The van der Waals surface area contributed by atoms with Crippen LogP contribution in [-0.2, 0) is 9.59 Å². The summed E-state index contributed by atoms with van der Waals surface area (Å²) in [7, 11) is 1.67. The molecule has 0 saturated heterocycles. The van der Waals surface area contributed by atoms with E-state index in [1.807, 2.05) is 13.8 Å². The van der Waals surface area contributed by atoms with Gasteiger partial charge in [0.2, 0.25) is 5.91 Å². The highest BCUT2D eigenvalue weighted by Crippen LogP contribution is 2.37. The smallest absolute Gasteiger partial charge is 0.262 e. The molecule has 0 fully saturated rings. The standard InChI is InChI=1S/C20H21FN2O4/c1-20(2)12-27-17-9-8-13(10-15(17)23(3)19(20)25)22-18(24)11-26-16-7-5-4-6-14(16)21/h4-10H,11-12H2,1-3H3,(H,22,24). The predicted molar refractivity (Wildman–Crippen MR) is 99.7 cm³/mol. The van der Waals surface area contributed by atoms with Gasteiger partial charge in [-0.05, 0) is 44.2 Å². The van der Waals surface area contributed by atoms with Crippen LogP contribution in [0, 0.1) is 11.2 Å². The van der Waals surface area contributed by atoms with E-state index in [1.54, 1.807) is 37.4 Å². The summed E-state index contributed by atoms with van der Waals surface area (Å²) in [6.45, 7) is 3.57. The highest BCUT2D eigenvalue weighted by Gasteiger charge is 2.36. The molecule has 0 aromatic heterocycles. The lowest BCUT2D eigenvalue weighted by Crippen LogP contribution is -2.39. The van der Waals surface area contributed by atoms with Gasteiger partial charge in [0.25, 0.3) is 5.91 Å². The van der Waals surface area contributed by atoms with Crippen molar-refractivity contribution in [1.82, 2.24) is 0 Å². The summed E-state index contributed by atoms with van der Waals surface area (Å²) in [4.78, 5) is 26.2. The molecule has 1 N–H and O–H groups in total. The maximum Gasteiger partial charge on any atom is 0.262 e. The Balaban J connectivity index is 1.70. The number of nitrogens with zero attached hydrogens (tertiary/aromatic N) is 1. The molecule has 0 saturated carbocycles. The predicted octanol–water partition coefficient (Wildman–Crippen LogP) is 3.22. The van der Waals surface area contributed by atoms with Gasteiger partial charge in [0.15, 0.2) is 18.2 Å². The fourth-order valence-corrected chi connectivity index (χ4v) is 2.76. The summed E-state index contributed by atoms with van der Waals surface area (Å²) < 4.78 is 24.5. The van der Waals surface area contributed by atoms with Gasteiger partial charge in [-0.3, -0.25) is 9.59 Å². The number of halogens is 1. The van der Waals surface area contributed by atoms with E-state index in [9.17, 15) is 14.0 Å². The van der Waals surface area contributed by atoms with Crippen LogP contribution < -0.4 is 19.7 Å². The van der Waals surface area contributed by atoms with Crippen LogP contribution in [0.2, 0.25) is 0 Å². The molecule has 0 radical (unpaired) electrons. The number of fused-ring (bicyclic) bond motifs is 1. The van der Waals surface area contributed by atoms with Crippen LogP contribution >= 0.6 is 0 Å². The van der Waals surface area contributed by atoms with Gasteiger partial charge in [0, 0.05) is 12.7 Å². The molecule has 0 aliphatic carbocycles. The van der Waals surface area contributed by atoms with Gasteiger partial charge < -0.3 is 19.7 Å². The molecule has 0 atom stereocenters. The Morgan fingerprint density at radius 3 is 2.78 bits per heavy atom. The van der Waals surface area contributed by atoms with Gasteiger partial charge >= 0.3 is 0 Å². The molecule has 3 rings (SSSR count). The Bertz CT molecular complexity index is 882. The number of para-hydroxylation sites is 1. The zero-order chi connectivity index (χ0) is 19.6. The number of hydrogen-bond donors (Lipinski definition) is 1. The van der Waals surface area contributed by atoms with Crippen LogP contribution in [0.5, 0.6) is 11.5 Å². The molecule has 6 nitrogen and oxygen atoms in total. The highest BCUT2D eigenvalue weighted by atomic mass is 19.1.